The minimum Gasteiger partial charge on any atom is -0.371 e. The molecule has 28 heavy (non-hydrogen) atoms. The van der Waals surface area contributed by atoms with Gasteiger partial charge in [-0.1, -0.05) is 6.07 Å². The Morgan fingerprint density at radius 3 is 2.89 bits per heavy atom. The van der Waals surface area contributed by atoms with Gasteiger partial charge < -0.3 is 10.1 Å². The minimum atomic E-state index is -0.904. The zero-order chi connectivity index (χ0) is 20.1. The van der Waals surface area contributed by atoms with Crippen molar-refractivity contribution < 1.29 is 23.1 Å². The molecule has 1 fully saturated rings. The highest BCUT2D eigenvalue weighted by molar-refractivity contribution is 7.12. The summed E-state index contributed by atoms with van der Waals surface area (Å²) < 4.78 is 32.2. The number of thiazole rings is 1. The molecule has 0 aliphatic carbocycles. The van der Waals surface area contributed by atoms with E-state index in [0.29, 0.717) is 42.4 Å². The number of morpholine rings is 1. The molecular formula is C19H21F2N3O3S. The van der Waals surface area contributed by atoms with E-state index in [0.717, 1.165) is 12.1 Å². The fourth-order valence-corrected chi connectivity index (χ4v) is 3.74. The normalized spacial score (nSPS) is 17.5. The number of amides is 1. The molecule has 3 rings (SSSR count). The molecule has 1 N–H and O–H groups in total. The molecular weight excluding hydrogens is 388 g/mol. The SMILES string of the molecule is Cc1ncsc1C(=O)CNC(=O)CCN1CCO[C@H](c2ccc(F)c(F)c2)C1. The number of hydrogen-bond acceptors (Lipinski definition) is 6. The summed E-state index contributed by atoms with van der Waals surface area (Å²) in [6.07, 6.45) is -0.137. The lowest BCUT2D eigenvalue weighted by molar-refractivity contribution is -0.121. The average Bonchev–Trinajstić information content (AvgIpc) is 3.13. The smallest absolute Gasteiger partial charge is 0.221 e. The number of halogens is 2. The molecule has 0 saturated carbocycles. The predicted molar refractivity (Wildman–Crippen MR) is 100 cm³/mol. The first-order valence-corrected chi connectivity index (χ1v) is 9.81. The lowest BCUT2D eigenvalue weighted by Crippen LogP contribution is -2.40. The van der Waals surface area contributed by atoms with Crippen LogP contribution in [-0.4, -0.2) is 54.4 Å². The Bertz CT molecular complexity index is 859. The molecule has 1 aliphatic heterocycles. The third kappa shape index (κ3) is 5.18. The fraction of sp³-hybridized carbons (Fsp3) is 0.421. The van der Waals surface area contributed by atoms with Crippen molar-refractivity contribution in [2.75, 3.05) is 32.8 Å². The number of ketones is 1. The maximum Gasteiger partial charge on any atom is 0.221 e. The molecule has 1 aliphatic rings. The predicted octanol–water partition coefficient (Wildman–Crippen LogP) is 2.49. The van der Waals surface area contributed by atoms with Crippen LogP contribution in [0.15, 0.2) is 23.7 Å². The highest BCUT2D eigenvalue weighted by atomic mass is 32.1. The van der Waals surface area contributed by atoms with Gasteiger partial charge in [0.05, 0.1) is 35.3 Å². The topological polar surface area (TPSA) is 71.5 Å². The third-order valence-electron chi connectivity index (χ3n) is 4.57. The van der Waals surface area contributed by atoms with Gasteiger partial charge in [0.2, 0.25) is 5.91 Å². The molecule has 2 aromatic rings. The molecule has 1 amide bonds. The Balaban J connectivity index is 1.45. The van der Waals surface area contributed by atoms with E-state index in [2.05, 4.69) is 10.3 Å². The Hall–Kier alpha value is -2.23. The fourth-order valence-electron chi connectivity index (χ4n) is 3.00. The van der Waals surface area contributed by atoms with E-state index < -0.39 is 11.6 Å². The summed E-state index contributed by atoms with van der Waals surface area (Å²) in [5.41, 5.74) is 2.84. The maximum atomic E-state index is 13.4. The zero-order valence-corrected chi connectivity index (χ0v) is 16.2. The van der Waals surface area contributed by atoms with Crippen LogP contribution in [0.2, 0.25) is 0 Å². The number of aromatic nitrogens is 1. The second-order valence-electron chi connectivity index (χ2n) is 6.55. The molecule has 0 radical (unpaired) electrons. The van der Waals surface area contributed by atoms with Gasteiger partial charge in [-0.15, -0.1) is 11.3 Å². The first-order chi connectivity index (χ1) is 13.4. The monoisotopic (exact) mass is 409 g/mol. The van der Waals surface area contributed by atoms with Gasteiger partial charge in [0.1, 0.15) is 0 Å². The highest BCUT2D eigenvalue weighted by Gasteiger charge is 2.23. The van der Waals surface area contributed by atoms with Crippen LogP contribution in [0.3, 0.4) is 0 Å². The molecule has 1 saturated heterocycles. The number of nitrogens with zero attached hydrogens (tertiary/aromatic N) is 2. The molecule has 150 valence electrons. The highest BCUT2D eigenvalue weighted by Crippen LogP contribution is 2.23. The maximum absolute atomic E-state index is 13.4. The Morgan fingerprint density at radius 2 is 2.18 bits per heavy atom. The van der Waals surface area contributed by atoms with Gasteiger partial charge in [0, 0.05) is 26.1 Å². The second-order valence-corrected chi connectivity index (χ2v) is 7.41. The van der Waals surface area contributed by atoms with Crippen molar-refractivity contribution in [1.29, 1.82) is 0 Å². The zero-order valence-electron chi connectivity index (χ0n) is 15.4. The number of benzene rings is 1. The molecule has 0 bridgehead atoms. The van der Waals surface area contributed by atoms with Gasteiger partial charge in [-0.2, -0.15) is 0 Å². The molecule has 9 heteroatoms. The summed E-state index contributed by atoms with van der Waals surface area (Å²) in [5.74, 6) is -2.17. The van der Waals surface area contributed by atoms with Gasteiger partial charge in [-0.3, -0.25) is 14.5 Å². The van der Waals surface area contributed by atoms with Gasteiger partial charge in [-0.25, -0.2) is 13.8 Å². The molecule has 2 heterocycles. The number of aryl methyl sites for hydroxylation is 1. The van der Waals surface area contributed by atoms with Gasteiger partial charge >= 0.3 is 0 Å². The van der Waals surface area contributed by atoms with Crippen molar-refractivity contribution in [3.05, 3.63) is 51.5 Å². The van der Waals surface area contributed by atoms with Crippen molar-refractivity contribution >= 4 is 23.0 Å². The van der Waals surface area contributed by atoms with E-state index >= 15 is 0 Å². The van der Waals surface area contributed by atoms with Crippen molar-refractivity contribution in [3.8, 4) is 0 Å². The van der Waals surface area contributed by atoms with Crippen LogP contribution in [0, 0.1) is 18.6 Å². The number of carbonyl (C=O) groups is 2. The lowest BCUT2D eigenvalue weighted by atomic mass is 10.1. The van der Waals surface area contributed by atoms with Crippen molar-refractivity contribution in [2.45, 2.75) is 19.4 Å². The van der Waals surface area contributed by atoms with E-state index in [4.69, 9.17) is 4.74 Å². The summed E-state index contributed by atoms with van der Waals surface area (Å²) in [5, 5.41) is 2.64. The van der Waals surface area contributed by atoms with Gasteiger partial charge in [0.25, 0.3) is 0 Å². The third-order valence-corrected chi connectivity index (χ3v) is 5.54. The van der Waals surface area contributed by atoms with Crippen molar-refractivity contribution in [3.63, 3.8) is 0 Å². The van der Waals surface area contributed by atoms with Crippen LogP contribution in [-0.2, 0) is 9.53 Å². The quantitative estimate of drug-likeness (QED) is 0.712. The Labute approximate surface area is 165 Å². The van der Waals surface area contributed by atoms with Crippen LogP contribution < -0.4 is 5.32 Å². The molecule has 6 nitrogen and oxygen atoms in total. The van der Waals surface area contributed by atoms with Crippen LogP contribution in [0.1, 0.15) is 33.5 Å². The van der Waals surface area contributed by atoms with Crippen LogP contribution in [0.4, 0.5) is 8.78 Å². The number of hydrogen-bond donors (Lipinski definition) is 1. The minimum absolute atomic E-state index is 0.0531. The summed E-state index contributed by atoms with van der Waals surface area (Å²) >= 11 is 1.26. The summed E-state index contributed by atoms with van der Waals surface area (Å²) in [6, 6.07) is 3.73. The number of rotatable bonds is 7. The first kappa shape index (κ1) is 20.5. The van der Waals surface area contributed by atoms with Crippen LogP contribution in [0.5, 0.6) is 0 Å². The first-order valence-electron chi connectivity index (χ1n) is 8.93. The standard InChI is InChI=1S/C19H21F2N3O3S/c1-12-19(28-11-23-12)16(25)9-22-18(26)4-5-24-6-7-27-17(10-24)13-2-3-14(20)15(21)8-13/h2-3,8,11,17H,4-7,9-10H2,1H3,(H,22,26)/t17-/m0/s1. The summed E-state index contributed by atoms with van der Waals surface area (Å²) in [7, 11) is 0. The lowest BCUT2D eigenvalue weighted by Gasteiger charge is -2.33. The molecule has 1 aromatic heterocycles. The Kier molecular flexibility index (Phi) is 6.82. The van der Waals surface area contributed by atoms with E-state index in [9.17, 15) is 18.4 Å². The van der Waals surface area contributed by atoms with Crippen LogP contribution >= 0.6 is 11.3 Å². The summed E-state index contributed by atoms with van der Waals surface area (Å²) in [6.45, 7) is 3.76. The van der Waals surface area contributed by atoms with Crippen molar-refractivity contribution in [2.24, 2.45) is 0 Å². The Morgan fingerprint density at radius 1 is 1.36 bits per heavy atom. The number of Topliss-reactive ketones (excluding diaryl/α,β-unsaturated/α-hetero) is 1. The number of carbonyl (C=O) groups excluding carboxylic acids is 2. The van der Waals surface area contributed by atoms with Crippen molar-refractivity contribution in [1.82, 2.24) is 15.2 Å². The van der Waals surface area contributed by atoms with E-state index in [-0.39, 0.29) is 30.8 Å². The molecule has 0 unspecified atom stereocenters. The van der Waals surface area contributed by atoms with Gasteiger partial charge in [-0.05, 0) is 24.6 Å². The van der Waals surface area contributed by atoms with Crippen LogP contribution in [0.25, 0.3) is 0 Å². The van der Waals surface area contributed by atoms with E-state index in [1.807, 2.05) is 4.90 Å². The van der Waals surface area contributed by atoms with E-state index in [1.54, 1.807) is 12.4 Å². The molecule has 1 atom stereocenters. The second kappa shape index (κ2) is 9.31. The summed E-state index contributed by atoms with van der Waals surface area (Å²) in [4.78, 5) is 30.7. The molecule has 0 spiro atoms. The number of nitrogens with one attached hydrogen (secondary N) is 1. The van der Waals surface area contributed by atoms with Gasteiger partial charge in [0.15, 0.2) is 17.4 Å². The number of ether oxygens (including phenoxy) is 1. The molecule has 1 aromatic carbocycles. The largest absolute Gasteiger partial charge is 0.371 e. The van der Waals surface area contributed by atoms with E-state index in [1.165, 1.54) is 17.4 Å². The average molecular weight is 409 g/mol.